The third-order valence-corrected chi connectivity index (χ3v) is 5.49. The molecule has 0 bridgehead atoms. The van der Waals surface area contributed by atoms with E-state index in [0.717, 1.165) is 12.3 Å². The van der Waals surface area contributed by atoms with Crippen molar-refractivity contribution in [3.05, 3.63) is 71.6 Å². The molecule has 3 aromatic rings. The number of Topliss-reactive ketones (excluding diaryl/α,β-unsaturated/α-hetero) is 1. The maximum absolute atomic E-state index is 13.4. The van der Waals surface area contributed by atoms with E-state index in [-0.39, 0.29) is 37.2 Å². The number of carbonyl (C=O) groups is 3. The highest BCUT2D eigenvalue weighted by molar-refractivity contribution is 6.02. The molecule has 0 fully saturated rings. The molecule has 12 heteroatoms. The SMILES string of the molecule is CC(C)(C)OC(=O)N[C@H](CCC(=O)NCC(=O)c1ccc2cnc(F)cc2c1)Cc1ccc(C(F)(F)F)nc1. The van der Waals surface area contributed by atoms with Crippen LogP contribution in [-0.2, 0) is 22.1 Å². The second-order valence-corrected chi connectivity index (χ2v) is 9.90. The highest BCUT2D eigenvalue weighted by Crippen LogP contribution is 2.27. The zero-order valence-corrected chi connectivity index (χ0v) is 21.6. The number of hydrogen-bond acceptors (Lipinski definition) is 6. The first-order valence-electron chi connectivity index (χ1n) is 12.1. The number of aromatic nitrogens is 2. The van der Waals surface area contributed by atoms with Gasteiger partial charge in [0.25, 0.3) is 0 Å². The van der Waals surface area contributed by atoms with Gasteiger partial charge in [-0.2, -0.15) is 17.6 Å². The Morgan fingerprint density at radius 3 is 2.36 bits per heavy atom. The standard InChI is InChI=1S/C27H28F4N4O4/c1-26(2,3)39-25(38)35-20(10-16-4-8-22(32-13-16)27(29,30)31)7-9-24(37)34-15-21(36)17-5-6-18-14-33-23(28)12-19(18)11-17/h4-6,8,11-14,20H,7,9-10,15H2,1-3H3,(H,34,37)(H,35,38)/t20-/m1/s1. The van der Waals surface area contributed by atoms with Crippen LogP contribution in [0.25, 0.3) is 10.8 Å². The van der Waals surface area contributed by atoms with Gasteiger partial charge in [0.05, 0.1) is 6.54 Å². The van der Waals surface area contributed by atoms with Crippen molar-refractivity contribution in [1.82, 2.24) is 20.6 Å². The Kier molecular flexibility index (Phi) is 9.20. The Morgan fingerprint density at radius 2 is 1.72 bits per heavy atom. The van der Waals surface area contributed by atoms with Crippen LogP contribution >= 0.6 is 0 Å². The van der Waals surface area contributed by atoms with Crippen molar-refractivity contribution in [3.63, 3.8) is 0 Å². The summed E-state index contributed by atoms with van der Waals surface area (Å²) in [6.45, 7) is 4.73. The van der Waals surface area contributed by atoms with Gasteiger partial charge >= 0.3 is 12.3 Å². The van der Waals surface area contributed by atoms with Crippen LogP contribution in [0.1, 0.15) is 55.2 Å². The quantitative estimate of drug-likeness (QED) is 0.221. The number of rotatable bonds is 9. The molecule has 0 aliphatic heterocycles. The molecular weight excluding hydrogens is 520 g/mol. The number of benzene rings is 1. The van der Waals surface area contributed by atoms with Gasteiger partial charge in [-0.1, -0.05) is 18.2 Å². The minimum atomic E-state index is -4.58. The smallest absolute Gasteiger partial charge is 0.433 e. The number of fused-ring (bicyclic) bond motifs is 1. The zero-order valence-electron chi connectivity index (χ0n) is 21.6. The molecule has 0 saturated heterocycles. The average Bonchev–Trinajstić information content (AvgIpc) is 2.84. The van der Waals surface area contributed by atoms with Crippen molar-refractivity contribution in [3.8, 4) is 0 Å². The molecule has 1 aromatic carbocycles. The molecular formula is C27H28F4N4O4. The largest absolute Gasteiger partial charge is 0.444 e. The fraction of sp³-hybridized carbons (Fsp3) is 0.370. The molecule has 8 nitrogen and oxygen atoms in total. The summed E-state index contributed by atoms with van der Waals surface area (Å²) >= 11 is 0. The van der Waals surface area contributed by atoms with Crippen molar-refractivity contribution in [2.45, 2.75) is 57.9 Å². The molecule has 39 heavy (non-hydrogen) atoms. The molecule has 0 radical (unpaired) electrons. The monoisotopic (exact) mass is 548 g/mol. The number of nitrogens with one attached hydrogen (secondary N) is 2. The molecule has 0 saturated carbocycles. The van der Waals surface area contributed by atoms with Crippen LogP contribution in [0.15, 0.2) is 48.8 Å². The Hall–Kier alpha value is -4.09. The number of hydrogen-bond donors (Lipinski definition) is 2. The fourth-order valence-electron chi connectivity index (χ4n) is 3.66. The van der Waals surface area contributed by atoms with Crippen molar-refractivity contribution in [2.24, 2.45) is 0 Å². The van der Waals surface area contributed by atoms with E-state index in [1.165, 1.54) is 24.4 Å². The predicted molar refractivity (Wildman–Crippen MR) is 134 cm³/mol. The summed E-state index contributed by atoms with van der Waals surface area (Å²) in [6.07, 6.45) is -2.79. The van der Waals surface area contributed by atoms with Crippen LogP contribution in [0.5, 0.6) is 0 Å². The van der Waals surface area contributed by atoms with Gasteiger partial charge in [-0.3, -0.25) is 14.6 Å². The number of nitrogens with zero attached hydrogens (tertiary/aromatic N) is 2. The normalized spacial score (nSPS) is 12.6. The zero-order chi connectivity index (χ0) is 28.8. The van der Waals surface area contributed by atoms with E-state index in [4.69, 9.17) is 4.74 Å². The summed E-state index contributed by atoms with van der Waals surface area (Å²) in [6, 6.07) is 7.32. The van der Waals surface area contributed by atoms with Crippen molar-refractivity contribution < 1.29 is 36.7 Å². The molecule has 3 rings (SSSR count). The van der Waals surface area contributed by atoms with E-state index in [2.05, 4.69) is 20.6 Å². The maximum atomic E-state index is 13.4. The lowest BCUT2D eigenvalue weighted by Crippen LogP contribution is -2.41. The Labute approximate surface area is 222 Å². The third-order valence-electron chi connectivity index (χ3n) is 5.49. The van der Waals surface area contributed by atoms with Crippen LogP contribution in [0.3, 0.4) is 0 Å². The average molecular weight is 549 g/mol. The predicted octanol–water partition coefficient (Wildman–Crippen LogP) is 5.00. The molecule has 2 amide bonds. The van der Waals surface area contributed by atoms with E-state index in [0.29, 0.717) is 16.3 Å². The second kappa shape index (κ2) is 12.2. The first-order valence-corrected chi connectivity index (χ1v) is 12.1. The Morgan fingerprint density at radius 1 is 0.974 bits per heavy atom. The molecule has 0 aliphatic rings. The van der Waals surface area contributed by atoms with E-state index in [1.807, 2.05) is 0 Å². The van der Waals surface area contributed by atoms with Crippen LogP contribution in [0.2, 0.25) is 0 Å². The molecule has 1 atom stereocenters. The molecule has 208 valence electrons. The number of pyridine rings is 2. The highest BCUT2D eigenvalue weighted by atomic mass is 19.4. The fourth-order valence-corrected chi connectivity index (χ4v) is 3.66. The van der Waals surface area contributed by atoms with Gasteiger partial charge in [0.15, 0.2) is 5.78 Å². The molecule has 0 aliphatic carbocycles. The lowest BCUT2D eigenvalue weighted by molar-refractivity contribution is -0.141. The van der Waals surface area contributed by atoms with E-state index < -0.39 is 41.5 Å². The van der Waals surface area contributed by atoms with Crippen molar-refractivity contribution in [2.75, 3.05) is 6.54 Å². The highest BCUT2D eigenvalue weighted by Gasteiger charge is 2.32. The number of ether oxygens (including phenoxy) is 1. The van der Waals surface area contributed by atoms with Gasteiger partial charge < -0.3 is 15.4 Å². The minimum Gasteiger partial charge on any atom is -0.444 e. The Balaban J connectivity index is 1.59. The molecule has 2 N–H and O–H groups in total. The van der Waals surface area contributed by atoms with Gasteiger partial charge in [-0.15, -0.1) is 0 Å². The second-order valence-electron chi connectivity index (χ2n) is 9.90. The van der Waals surface area contributed by atoms with E-state index in [1.54, 1.807) is 32.9 Å². The number of amides is 2. The lowest BCUT2D eigenvalue weighted by atomic mass is 10.0. The van der Waals surface area contributed by atoms with Crippen LogP contribution in [0, 0.1) is 5.95 Å². The third kappa shape index (κ3) is 9.31. The van der Waals surface area contributed by atoms with Gasteiger partial charge in [0, 0.05) is 41.9 Å². The number of halogens is 4. The Bertz CT molecular complexity index is 1340. The van der Waals surface area contributed by atoms with Gasteiger partial charge in [-0.05, 0) is 56.7 Å². The van der Waals surface area contributed by atoms with Gasteiger partial charge in [-0.25, -0.2) is 9.78 Å². The maximum Gasteiger partial charge on any atom is 0.433 e. The topological polar surface area (TPSA) is 110 Å². The van der Waals surface area contributed by atoms with E-state index >= 15 is 0 Å². The number of alkyl halides is 3. The summed E-state index contributed by atoms with van der Waals surface area (Å²) < 4.78 is 57.1. The van der Waals surface area contributed by atoms with Crippen molar-refractivity contribution in [1.29, 1.82) is 0 Å². The molecule has 2 heterocycles. The number of alkyl carbamates (subject to hydrolysis) is 1. The molecule has 0 unspecified atom stereocenters. The van der Waals surface area contributed by atoms with Crippen LogP contribution in [-0.4, -0.2) is 45.9 Å². The first-order chi connectivity index (χ1) is 18.2. The van der Waals surface area contributed by atoms with Crippen LogP contribution in [0.4, 0.5) is 22.4 Å². The van der Waals surface area contributed by atoms with Gasteiger partial charge in [0.1, 0.15) is 11.3 Å². The number of ketones is 1. The summed E-state index contributed by atoms with van der Waals surface area (Å²) in [5, 5.41) is 6.31. The molecule has 2 aromatic heterocycles. The van der Waals surface area contributed by atoms with Crippen molar-refractivity contribution >= 4 is 28.6 Å². The van der Waals surface area contributed by atoms with E-state index in [9.17, 15) is 31.9 Å². The summed E-state index contributed by atoms with van der Waals surface area (Å²) in [5.41, 5.74) is -1.12. The lowest BCUT2D eigenvalue weighted by Gasteiger charge is -2.24. The van der Waals surface area contributed by atoms with Gasteiger partial charge in [0.2, 0.25) is 11.9 Å². The number of carbonyl (C=O) groups excluding carboxylic acids is 3. The van der Waals surface area contributed by atoms with Crippen LogP contribution < -0.4 is 10.6 Å². The first kappa shape index (κ1) is 29.5. The summed E-state index contributed by atoms with van der Waals surface area (Å²) in [5.74, 6) is -1.54. The minimum absolute atomic E-state index is 0.0869. The molecule has 0 spiro atoms. The summed E-state index contributed by atoms with van der Waals surface area (Å²) in [7, 11) is 0. The summed E-state index contributed by atoms with van der Waals surface area (Å²) in [4.78, 5) is 44.3.